The molecule has 1 aromatic rings. The number of unbranched alkanes of at least 4 members (excludes halogenated alkanes) is 1. The van der Waals surface area contributed by atoms with Crippen LogP contribution in [-0.4, -0.2) is 33.0 Å². The first-order valence-electron chi connectivity index (χ1n) is 6.17. The molecule has 96 valence electrons. The van der Waals surface area contributed by atoms with Gasteiger partial charge in [0.05, 0.1) is 5.69 Å². The maximum atomic E-state index is 10.9. The number of rotatable bonds is 8. The zero-order chi connectivity index (χ0) is 12.7. The standard InChI is InChI=1S/C12H21N3O2/c1-10(2)5-6-12-11(9-17)13-14-15(12)7-3-4-8-16/h9-10,16H,3-8H2,1-2H3. The molecule has 5 heteroatoms. The number of aliphatic hydroxyl groups excluding tert-OH is 1. The van der Waals surface area contributed by atoms with E-state index in [0.29, 0.717) is 11.6 Å². The number of hydrogen-bond acceptors (Lipinski definition) is 4. The fourth-order valence-corrected chi connectivity index (χ4v) is 1.67. The average molecular weight is 239 g/mol. The van der Waals surface area contributed by atoms with Crippen molar-refractivity contribution < 1.29 is 9.90 Å². The summed E-state index contributed by atoms with van der Waals surface area (Å²) in [5, 5.41) is 16.6. The minimum atomic E-state index is 0.191. The Balaban J connectivity index is 2.67. The fourth-order valence-electron chi connectivity index (χ4n) is 1.67. The maximum Gasteiger partial charge on any atom is 0.172 e. The number of aldehydes is 1. The molecule has 0 spiro atoms. The van der Waals surface area contributed by atoms with Gasteiger partial charge in [-0.1, -0.05) is 19.1 Å². The van der Waals surface area contributed by atoms with E-state index in [2.05, 4.69) is 24.2 Å². The zero-order valence-corrected chi connectivity index (χ0v) is 10.6. The highest BCUT2D eigenvalue weighted by Crippen LogP contribution is 2.11. The molecule has 1 rings (SSSR count). The second-order valence-corrected chi connectivity index (χ2v) is 4.63. The normalized spacial score (nSPS) is 11.1. The molecule has 0 atom stereocenters. The minimum absolute atomic E-state index is 0.191. The van der Waals surface area contributed by atoms with Gasteiger partial charge in [-0.05, 0) is 31.6 Å². The van der Waals surface area contributed by atoms with Gasteiger partial charge in [-0.2, -0.15) is 0 Å². The van der Waals surface area contributed by atoms with E-state index in [1.54, 1.807) is 4.68 Å². The molecule has 0 aliphatic heterocycles. The molecule has 1 aromatic heterocycles. The van der Waals surface area contributed by atoms with E-state index in [4.69, 9.17) is 5.11 Å². The molecule has 0 amide bonds. The molecule has 0 aliphatic carbocycles. The van der Waals surface area contributed by atoms with Gasteiger partial charge in [-0.3, -0.25) is 4.79 Å². The van der Waals surface area contributed by atoms with Crippen molar-refractivity contribution in [1.29, 1.82) is 0 Å². The van der Waals surface area contributed by atoms with E-state index >= 15 is 0 Å². The number of aryl methyl sites for hydroxylation is 1. The molecule has 0 saturated heterocycles. The first kappa shape index (κ1) is 13.8. The van der Waals surface area contributed by atoms with Crippen LogP contribution in [0.25, 0.3) is 0 Å². The summed E-state index contributed by atoms with van der Waals surface area (Å²) >= 11 is 0. The van der Waals surface area contributed by atoms with Crippen LogP contribution in [0.3, 0.4) is 0 Å². The lowest BCUT2D eigenvalue weighted by Gasteiger charge is -2.08. The molecule has 17 heavy (non-hydrogen) atoms. The lowest BCUT2D eigenvalue weighted by molar-refractivity contribution is 0.111. The molecule has 0 radical (unpaired) electrons. The van der Waals surface area contributed by atoms with Crippen molar-refractivity contribution in [2.75, 3.05) is 6.61 Å². The summed E-state index contributed by atoms with van der Waals surface area (Å²) in [7, 11) is 0. The second kappa shape index (κ2) is 7.17. The number of carbonyl (C=O) groups is 1. The lowest BCUT2D eigenvalue weighted by atomic mass is 10.1. The van der Waals surface area contributed by atoms with Gasteiger partial charge in [0, 0.05) is 13.2 Å². The summed E-state index contributed by atoms with van der Waals surface area (Å²) in [5.41, 5.74) is 1.38. The smallest absolute Gasteiger partial charge is 0.172 e. The Morgan fingerprint density at radius 2 is 2.18 bits per heavy atom. The Morgan fingerprint density at radius 1 is 1.41 bits per heavy atom. The predicted octanol–water partition coefficient (Wildman–Crippen LogP) is 1.45. The van der Waals surface area contributed by atoms with Crippen LogP contribution in [0.1, 0.15) is 49.3 Å². The van der Waals surface area contributed by atoms with Gasteiger partial charge in [0.15, 0.2) is 6.29 Å². The van der Waals surface area contributed by atoms with Gasteiger partial charge in [-0.15, -0.1) is 5.10 Å². The third-order valence-electron chi connectivity index (χ3n) is 2.72. The summed E-state index contributed by atoms with van der Waals surface area (Å²) in [6, 6.07) is 0. The molecular formula is C12H21N3O2. The van der Waals surface area contributed by atoms with Crippen molar-refractivity contribution in [3.63, 3.8) is 0 Å². The van der Waals surface area contributed by atoms with Gasteiger partial charge in [0.2, 0.25) is 0 Å². The molecule has 1 heterocycles. The van der Waals surface area contributed by atoms with E-state index in [-0.39, 0.29) is 6.61 Å². The Hall–Kier alpha value is -1.23. The van der Waals surface area contributed by atoms with Gasteiger partial charge >= 0.3 is 0 Å². The Kier molecular flexibility index (Phi) is 5.83. The SMILES string of the molecule is CC(C)CCc1c(C=O)nnn1CCCCO. The highest BCUT2D eigenvalue weighted by atomic mass is 16.2. The maximum absolute atomic E-state index is 10.9. The largest absolute Gasteiger partial charge is 0.396 e. The van der Waals surface area contributed by atoms with Gasteiger partial charge in [-0.25, -0.2) is 4.68 Å². The molecule has 0 fully saturated rings. The first-order chi connectivity index (χ1) is 8.19. The molecule has 0 aromatic carbocycles. The predicted molar refractivity (Wildman–Crippen MR) is 64.9 cm³/mol. The summed E-state index contributed by atoms with van der Waals surface area (Å²) in [6.45, 7) is 5.21. The fraction of sp³-hybridized carbons (Fsp3) is 0.750. The van der Waals surface area contributed by atoms with Crippen molar-refractivity contribution in [2.45, 2.75) is 46.1 Å². The zero-order valence-electron chi connectivity index (χ0n) is 10.6. The highest BCUT2D eigenvalue weighted by molar-refractivity contribution is 5.73. The third kappa shape index (κ3) is 4.26. The molecule has 1 N–H and O–H groups in total. The average Bonchev–Trinajstić information content (AvgIpc) is 2.69. The topological polar surface area (TPSA) is 68.0 Å². The Morgan fingerprint density at radius 3 is 2.76 bits per heavy atom. The lowest BCUT2D eigenvalue weighted by Crippen LogP contribution is -2.08. The summed E-state index contributed by atoms with van der Waals surface area (Å²) < 4.78 is 1.79. The second-order valence-electron chi connectivity index (χ2n) is 4.63. The number of hydrogen-bond donors (Lipinski definition) is 1. The molecule has 0 saturated carbocycles. The van der Waals surface area contributed by atoms with Crippen LogP contribution in [0.4, 0.5) is 0 Å². The van der Waals surface area contributed by atoms with Crippen LogP contribution < -0.4 is 0 Å². The van der Waals surface area contributed by atoms with Gasteiger partial charge in [0.25, 0.3) is 0 Å². The minimum Gasteiger partial charge on any atom is -0.396 e. The van der Waals surface area contributed by atoms with Crippen LogP contribution in [0.2, 0.25) is 0 Å². The van der Waals surface area contributed by atoms with Crippen LogP contribution in [-0.2, 0) is 13.0 Å². The third-order valence-corrected chi connectivity index (χ3v) is 2.72. The van der Waals surface area contributed by atoms with Crippen molar-refractivity contribution >= 4 is 6.29 Å². The Labute approximate surface area is 102 Å². The van der Waals surface area contributed by atoms with E-state index in [1.807, 2.05) is 0 Å². The van der Waals surface area contributed by atoms with Crippen molar-refractivity contribution in [3.05, 3.63) is 11.4 Å². The number of aromatic nitrogens is 3. The summed E-state index contributed by atoms with van der Waals surface area (Å²) in [6.07, 6.45) is 4.23. The quantitative estimate of drug-likeness (QED) is 0.550. The summed E-state index contributed by atoms with van der Waals surface area (Å²) in [5.74, 6) is 0.593. The number of carbonyl (C=O) groups excluding carboxylic acids is 1. The number of nitrogens with zero attached hydrogens (tertiary/aromatic N) is 3. The molecular weight excluding hydrogens is 218 g/mol. The highest BCUT2D eigenvalue weighted by Gasteiger charge is 2.12. The van der Waals surface area contributed by atoms with Crippen LogP contribution in [0.5, 0.6) is 0 Å². The van der Waals surface area contributed by atoms with Crippen molar-refractivity contribution in [1.82, 2.24) is 15.0 Å². The van der Waals surface area contributed by atoms with E-state index < -0.39 is 0 Å². The molecule has 5 nitrogen and oxygen atoms in total. The molecule has 0 bridgehead atoms. The van der Waals surface area contributed by atoms with Gasteiger partial charge < -0.3 is 5.11 Å². The van der Waals surface area contributed by atoms with Crippen LogP contribution in [0, 0.1) is 5.92 Å². The van der Waals surface area contributed by atoms with E-state index in [0.717, 1.165) is 44.2 Å². The van der Waals surface area contributed by atoms with Crippen molar-refractivity contribution in [2.24, 2.45) is 5.92 Å². The van der Waals surface area contributed by atoms with E-state index in [9.17, 15) is 4.79 Å². The van der Waals surface area contributed by atoms with Crippen molar-refractivity contribution in [3.8, 4) is 0 Å². The van der Waals surface area contributed by atoms with E-state index in [1.165, 1.54) is 0 Å². The monoisotopic (exact) mass is 239 g/mol. The van der Waals surface area contributed by atoms with Crippen LogP contribution in [0.15, 0.2) is 0 Å². The van der Waals surface area contributed by atoms with Crippen LogP contribution >= 0.6 is 0 Å². The van der Waals surface area contributed by atoms with Gasteiger partial charge in [0.1, 0.15) is 5.69 Å². The summed E-state index contributed by atoms with van der Waals surface area (Å²) in [4.78, 5) is 10.9. The molecule has 0 unspecified atom stereocenters. The molecule has 0 aliphatic rings. The number of aliphatic hydroxyl groups is 1. The Bertz CT molecular complexity index is 348. The first-order valence-corrected chi connectivity index (χ1v) is 6.17.